The smallest absolute Gasteiger partial charge is 0.407 e. The fourth-order valence-electron chi connectivity index (χ4n) is 6.47. The summed E-state index contributed by atoms with van der Waals surface area (Å²) < 4.78 is 34.1. The highest BCUT2D eigenvalue weighted by molar-refractivity contribution is 7.92. The molecule has 2 aromatic rings. The van der Waals surface area contributed by atoms with Crippen LogP contribution in [0.5, 0.6) is 0 Å². The number of hydrogen-bond donors (Lipinski definition) is 1. The topological polar surface area (TPSA) is 89.5 Å². The predicted octanol–water partition coefficient (Wildman–Crippen LogP) is 8.89. The first-order valence-electron chi connectivity index (χ1n) is 18.8. The van der Waals surface area contributed by atoms with Gasteiger partial charge >= 0.3 is 6.09 Å². The van der Waals surface area contributed by atoms with E-state index in [0.717, 1.165) is 68.0 Å². The van der Waals surface area contributed by atoms with E-state index in [1.165, 1.54) is 44.1 Å². The highest BCUT2D eigenvalue weighted by Gasteiger charge is 2.39. The summed E-state index contributed by atoms with van der Waals surface area (Å²) in [5, 5.41) is 2.00. The maximum absolute atomic E-state index is 14.0. The molecule has 0 aromatic heterocycles. The molecule has 3 rings (SSSR count). The average molecular weight is 696 g/mol. The Morgan fingerprint density at radius 1 is 0.735 bits per heavy atom. The minimum atomic E-state index is -3.75. The predicted molar refractivity (Wildman–Crippen MR) is 201 cm³/mol. The maximum atomic E-state index is 14.0. The molecule has 0 spiro atoms. The second-order valence-corrected chi connectivity index (χ2v) is 17.0. The fourth-order valence-corrected chi connectivity index (χ4v) is 8.09. The summed E-state index contributed by atoms with van der Waals surface area (Å²) in [5.41, 5.74) is 2.83. The number of carbonyl (C=O) groups excluding carboxylic acids is 2. The van der Waals surface area contributed by atoms with Gasteiger partial charge in [-0.1, -0.05) is 101 Å². The summed E-state index contributed by atoms with van der Waals surface area (Å²) >= 11 is 0. The molecule has 0 fully saturated rings. The van der Waals surface area contributed by atoms with Crippen molar-refractivity contribution in [3.63, 3.8) is 0 Å². The number of hydrogen-bond acceptors (Lipinski definition) is 5. The number of alkyl carbamates (subject to hydrolysis) is 1. The van der Waals surface area contributed by atoms with Crippen molar-refractivity contribution < 1.29 is 27.2 Å². The van der Waals surface area contributed by atoms with E-state index in [1.807, 2.05) is 36.4 Å². The Labute approximate surface area is 297 Å². The molecule has 0 radical (unpaired) electrons. The van der Waals surface area contributed by atoms with Crippen molar-refractivity contribution in [2.45, 2.75) is 126 Å². The van der Waals surface area contributed by atoms with Crippen LogP contribution in [0.3, 0.4) is 0 Å². The number of nitrogens with zero attached hydrogens (tertiary/aromatic N) is 1. The van der Waals surface area contributed by atoms with E-state index in [0.29, 0.717) is 12.2 Å². The van der Waals surface area contributed by atoms with Crippen LogP contribution in [0.25, 0.3) is 0 Å². The number of rotatable bonds is 22. The number of nitrogens with one attached hydrogen (secondary N) is 1. The van der Waals surface area contributed by atoms with E-state index in [9.17, 15) is 18.0 Å². The molecular formula is C41H63N2O5S+. The van der Waals surface area contributed by atoms with E-state index < -0.39 is 33.1 Å². The van der Waals surface area contributed by atoms with Crippen molar-refractivity contribution in [1.29, 1.82) is 0 Å². The molecule has 1 aliphatic carbocycles. The second kappa shape index (κ2) is 20.6. The minimum Gasteiger partial charge on any atom is -0.450 e. The number of amides is 1. The first kappa shape index (κ1) is 40.5. The van der Waals surface area contributed by atoms with Gasteiger partial charge in [-0.3, -0.25) is 4.79 Å². The first-order chi connectivity index (χ1) is 23.4. The van der Waals surface area contributed by atoms with Gasteiger partial charge < -0.3 is 14.5 Å². The van der Waals surface area contributed by atoms with Gasteiger partial charge in [-0.25, -0.2) is 13.2 Å². The first-order valence-corrected chi connectivity index (χ1v) is 20.4. The molecule has 0 saturated heterocycles. The number of aryl methyl sites for hydroxylation is 2. The molecule has 0 aliphatic heterocycles. The van der Waals surface area contributed by atoms with Gasteiger partial charge in [0.2, 0.25) is 0 Å². The van der Waals surface area contributed by atoms with Gasteiger partial charge in [0.1, 0.15) is 0 Å². The van der Waals surface area contributed by atoms with Crippen molar-refractivity contribution in [2.75, 3.05) is 34.3 Å². The van der Waals surface area contributed by atoms with Crippen molar-refractivity contribution in [3.8, 4) is 0 Å². The number of ether oxygens (including phenoxy) is 1. The third-order valence-electron chi connectivity index (χ3n) is 9.56. The fraction of sp³-hybridized carbons (Fsp3) is 0.610. The van der Waals surface area contributed by atoms with Crippen LogP contribution in [0.15, 0.2) is 65.6 Å². The van der Waals surface area contributed by atoms with Crippen LogP contribution in [0.1, 0.15) is 119 Å². The summed E-state index contributed by atoms with van der Waals surface area (Å²) in [6, 6.07) is 14.2. The van der Waals surface area contributed by atoms with Crippen molar-refractivity contribution in [2.24, 2.45) is 5.92 Å². The van der Waals surface area contributed by atoms with Gasteiger partial charge in [0.15, 0.2) is 15.6 Å². The van der Waals surface area contributed by atoms with E-state index in [4.69, 9.17) is 4.74 Å². The highest BCUT2D eigenvalue weighted by Crippen LogP contribution is 2.31. The van der Waals surface area contributed by atoms with Crippen LogP contribution in [0.2, 0.25) is 0 Å². The highest BCUT2D eigenvalue weighted by atomic mass is 32.2. The summed E-state index contributed by atoms with van der Waals surface area (Å²) in [4.78, 5) is 27.1. The number of quaternary nitrogens is 1. The molecule has 0 saturated carbocycles. The quantitative estimate of drug-likeness (QED) is 0.0575. The molecule has 2 aromatic carbocycles. The molecule has 272 valence electrons. The molecule has 1 aliphatic rings. The number of sulfone groups is 1. The Morgan fingerprint density at radius 3 is 1.86 bits per heavy atom. The van der Waals surface area contributed by atoms with E-state index >= 15 is 0 Å². The zero-order chi connectivity index (χ0) is 35.7. The maximum Gasteiger partial charge on any atom is 0.407 e. The number of benzene rings is 2. The van der Waals surface area contributed by atoms with Crippen molar-refractivity contribution in [3.05, 3.63) is 77.4 Å². The summed E-state index contributed by atoms with van der Waals surface area (Å²) in [6.45, 7) is 5.79. The Morgan fingerprint density at radius 2 is 1.29 bits per heavy atom. The molecule has 7 nitrogen and oxygen atoms in total. The van der Waals surface area contributed by atoms with Gasteiger partial charge in [-0.2, -0.15) is 0 Å². The van der Waals surface area contributed by atoms with Crippen LogP contribution in [0, 0.1) is 5.92 Å². The van der Waals surface area contributed by atoms with E-state index in [2.05, 4.69) is 40.3 Å². The molecule has 1 N–H and O–H groups in total. The van der Waals surface area contributed by atoms with Crippen molar-refractivity contribution >= 4 is 21.7 Å². The molecular weight excluding hydrogens is 633 g/mol. The third kappa shape index (κ3) is 14.1. The van der Waals surface area contributed by atoms with Gasteiger partial charge in [-0.05, 0) is 81.0 Å². The Hall–Kier alpha value is -2.97. The van der Waals surface area contributed by atoms with Crippen LogP contribution >= 0.6 is 0 Å². The van der Waals surface area contributed by atoms with Crippen LogP contribution in [-0.2, 0) is 27.4 Å². The molecule has 49 heavy (non-hydrogen) atoms. The third-order valence-corrected chi connectivity index (χ3v) is 11.6. The Kier molecular flexibility index (Phi) is 17.0. The molecule has 3 atom stereocenters. The molecule has 0 heterocycles. The van der Waals surface area contributed by atoms with Gasteiger partial charge in [0, 0.05) is 11.5 Å². The Balaban J connectivity index is 1.70. The summed E-state index contributed by atoms with van der Waals surface area (Å²) in [7, 11) is 2.79. The average Bonchev–Trinajstić information content (AvgIpc) is 3.08. The van der Waals surface area contributed by atoms with Gasteiger partial charge in [-0.15, -0.1) is 0 Å². The SMILES string of the molecule is CCCCCCc1ccc(C(=O)[C@@H]2C[C@H](S(=O)(=O)c3ccc(CCCCCC)cc3)C=C[C@@H]2NC(=O)OCCCCCC[N+](C)(C)C)cc1. The second-order valence-electron chi connectivity index (χ2n) is 14.9. The van der Waals surface area contributed by atoms with Crippen LogP contribution < -0.4 is 5.32 Å². The lowest BCUT2D eigenvalue weighted by atomic mass is 9.83. The number of carbonyl (C=O) groups is 2. The van der Waals surface area contributed by atoms with Gasteiger partial charge in [0.25, 0.3) is 0 Å². The normalized spacial score (nSPS) is 17.9. The lowest BCUT2D eigenvalue weighted by Crippen LogP contribution is -2.46. The molecule has 0 bridgehead atoms. The van der Waals surface area contributed by atoms with Crippen molar-refractivity contribution in [1.82, 2.24) is 5.32 Å². The molecule has 1 amide bonds. The van der Waals surface area contributed by atoms with E-state index in [-0.39, 0.29) is 17.1 Å². The van der Waals surface area contributed by atoms with Crippen LogP contribution in [0.4, 0.5) is 4.79 Å². The standard InChI is InChI=1S/C41H62N2O5S/c1-6-8-10-14-18-33-20-24-35(25-21-33)40(44)38-32-37(49(46,47)36-26-22-34(23-27-36)19-15-11-9-7-2)28-29-39(38)42-41(45)48-31-17-13-12-16-30-43(3,4)5/h20-29,37-39H,6-19,30-32H2,1-5H3/p+1/t37-,38-,39+/m1/s1. The number of ketones is 1. The Bertz CT molecular complexity index is 1410. The monoisotopic (exact) mass is 695 g/mol. The zero-order valence-electron chi connectivity index (χ0n) is 30.9. The van der Waals surface area contributed by atoms with E-state index in [1.54, 1.807) is 24.3 Å². The minimum absolute atomic E-state index is 0.0758. The zero-order valence-corrected chi connectivity index (χ0v) is 31.7. The largest absolute Gasteiger partial charge is 0.450 e. The lowest BCUT2D eigenvalue weighted by Gasteiger charge is -2.31. The number of unbranched alkanes of at least 4 members (excludes halogenated alkanes) is 9. The summed E-state index contributed by atoms with van der Waals surface area (Å²) in [5.74, 6) is -0.923. The number of Topliss-reactive ketones (excluding diaryl/α,β-unsaturated/α-hetero) is 1. The lowest BCUT2D eigenvalue weighted by molar-refractivity contribution is -0.870. The van der Waals surface area contributed by atoms with Gasteiger partial charge in [0.05, 0.1) is 50.5 Å². The molecule has 0 unspecified atom stereocenters. The van der Waals surface area contributed by atoms with Crippen LogP contribution in [-0.4, -0.2) is 70.4 Å². The summed E-state index contributed by atoms with van der Waals surface area (Å²) in [6.07, 6.45) is 18.0. The molecule has 8 heteroatoms.